The molecule has 1 aliphatic carbocycles. The summed E-state index contributed by atoms with van der Waals surface area (Å²) < 4.78 is 16.6. The molecule has 1 saturated heterocycles. The van der Waals surface area contributed by atoms with Gasteiger partial charge in [0.1, 0.15) is 0 Å². The first-order valence-corrected chi connectivity index (χ1v) is 5.01. The Balaban J connectivity index is 1.96. The Bertz CT molecular complexity index is 173. The largest absolute Gasteiger partial charge is 0.378 e. The standard InChI is InChI=1S/C10H18O3/c1-11-10(12-2)5-6-13-9(7-10)8-3-4-8/h8-9H,3-7H2,1-2H3. The SMILES string of the molecule is COC1(OC)CCOC(C2CC2)C1. The predicted molar refractivity (Wildman–Crippen MR) is 48.4 cm³/mol. The molecular weight excluding hydrogens is 168 g/mol. The molecule has 0 aromatic heterocycles. The van der Waals surface area contributed by atoms with E-state index in [1.165, 1.54) is 12.8 Å². The van der Waals surface area contributed by atoms with E-state index in [2.05, 4.69) is 0 Å². The van der Waals surface area contributed by atoms with Crippen LogP contribution in [0.3, 0.4) is 0 Å². The average molecular weight is 186 g/mol. The summed E-state index contributed by atoms with van der Waals surface area (Å²) in [5, 5.41) is 0. The highest BCUT2D eigenvalue weighted by atomic mass is 16.7. The Morgan fingerprint density at radius 1 is 1.23 bits per heavy atom. The Hall–Kier alpha value is -0.120. The summed E-state index contributed by atoms with van der Waals surface area (Å²) in [7, 11) is 3.44. The quantitative estimate of drug-likeness (QED) is 0.626. The minimum absolute atomic E-state index is 0.369. The third-order valence-electron chi connectivity index (χ3n) is 3.22. The molecule has 76 valence electrons. The first-order valence-electron chi connectivity index (χ1n) is 5.01. The Morgan fingerprint density at radius 2 is 1.92 bits per heavy atom. The fraction of sp³-hybridized carbons (Fsp3) is 1.00. The molecular formula is C10H18O3. The maximum absolute atomic E-state index is 5.70. The smallest absolute Gasteiger partial charge is 0.172 e. The van der Waals surface area contributed by atoms with Gasteiger partial charge in [-0.2, -0.15) is 0 Å². The van der Waals surface area contributed by atoms with Crippen molar-refractivity contribution in [3.63, 3.8) is 0 Å². The summed E-state index contributed by atoms with van der Waals surface area (Å²) >= 11 is 0. The van der Waals surface area contributed by atoms with Crippen molar-refractivity contribution in [2.45, 2.75) is 37.6 Å². The molecule has 0 radical (unpaired) electrons. The fourth-order valence-electron chi connectivity index (χ4n) is 2.06. The van der Waals surface area contributed by atoms with E-state index in [1.807, 2.05) is 0 Å². The van der Waals surface area contributed by atoms with E-state index in [0.717, 1.165) is 25.4 Å². The highest BCUT2D eigenvalue weighted by Gasteiger charge is 2.43. The van der Waals surface area contributed by atoms with Crippen molar-refractivity contribution < 1.29 is 14.2 Å². The minimum Gasteiger partial charge on any atom is -0.378 e. The number of rotatable bonds is 3. The van der Waals surface area contributed by atoms with E-state index in [-0.39, 0.29) is 5.79 Å². The molecule has 0 N–H and O–H groups in total. The van der Waals surface area contributed by atoms with Crippen molar-refractivity contribution in [2.75, 3.05) is 20.8 Å². The zero-order valence-corrected chi connectivity index (χ0v) is 8.41. The van der Waals surface area contributed by atoms with Crippen LogP contribution >= 0.6 is 0 Å². The number of methoxy groups -OCH3 is 2. The maximum atomic E-state index is 5.70. The van der Waals surface area contributed by atoms with Crippen LogP contribution in [0.15, 0.2) is 0 Å². The zero-order chi connectivity index (χ0) is 9.31. The molecule has 2 rings (SSSR count). The lowest BCUT2D eigenvalue weighted by Gasteiger charge is -2.38. The lowest BCUT2D eigenvalue weighted by Crippen LogP contribution is -2.44. The van der Waals surface area contributed by atoms with E-state index >= 15 is 0 Å². The molecule has 0 aromatic carbocycles. The van der Waals surface area contributed by atoms with Gasteiger partial charge in [0.2, 0.25) is 0 Å². The van der Waals surface area contributed by atoms with E-state index in [1.54, 1.807) is 14.2 Å². The molecule has 3 nitrogen and oxygen atoms in total. The van der Waals surface area contributed by atoms with Crippen molar-refractivity contribution in [2.24, 2.45) is 5.92 Å². The van der Waals surface area contributed by atoms with Gasteiger partial charge in [-0.05, 0) is 18.8 Å². The first kappa shape index (κ1) is 9.44. The molecule has 1 saturated carbocycles. The van der Waals surface area contributed by atoms with Crippen LogP contribution in [0.5, 0.6) is 0 Å². The van der Waals surface area contributed by atoms with Crippen molar-refractivity contribution in [1.82, 2.24) is 0 Å². The molecule has 3 heteroatoms. The zero-order valence-electron chi connectivity index (χ0n) is 8.41. The molecule has 1 unspecified atom stereocenters. The third-order valence-corrected chi connectivity index (χ3v) is 3.22. The molecule has 13 heavy (non-hydrogen) atoms. The van der Waals surface area contributed by atoms with E-state index in [4.69, 9.17) is 14.2 Å². The predicted octanol–water partition coefficient (Wildman–Crippen LogP) is 1.56. The normalized spacial score (nSPS) is 33.2. The summed E-state index contributed by atoms with van der Waals surface area (Å²) in [6.07, 6.45) is 4.74. The van der Waals surface area contributed by atoms with Crippen molar-refractivity contribution in [1.29, 1.82) is 0 Å². The molecule has 0 spiro atoms. The van der Waals surface area contributed by atoms with Crippen molar-refractivity contribution in [3.05, 3.63) is 0 Å². The van der Waals surface area contributed by atoms with Crippen LogP contribution < -0.4 is 0 Å². The lowest BCUT2D eigenvalue weighted by molar-refractivity contribution is -0.258. The Morgan fingerprint density at radius 3 is 2.46 bits per heavy atom. The van der Waals surface area contributed by atoms with Gasteiger partial charge in [0.25, 0.3) is 0 Å². The van der Waals surface area contributed by atoms with Crippen LogP contribution in [-0.4, -0.2) is 32.7 Å². The highest BCUT2D eigenvalue weighted by Crippen LogP contribution is 2.41. The monoisotopic (exact) mass is 186 g/mol. The molecule has 2 aliphatic rings. The third kappa shape index (κ3) is 1.87. The molecule has 0 aromatic rings. The van der Waals surface area contributed by atoms with Crippen LogP contribution in [0, 0.1) is 5.92 Å². The second-order valence-corrected chi connectivity index (χ2v) is 4.02. The summed E-state index contributed by atoms with van der Waals surface area (Å²) in [5.74, 6) is 0.399. The van der Waals surface area contributed by atoms with Crippen LogP contribution in [0.4, 0.5) is 0 Å². The maximum Gasteiger partial charge on any atom is 0.172 e. The topological polar surface area (TPSA) is 27.7 Å². The van der Waals surface area contributed by atoms with Gasteiger partial charge in [0, 0.05) is 27.1 Å². The number of ether oxygens (including phenoxy) is 3. The molecule has 0 amide bonds. The minimum atomic E-state index is -0.370. The van der Waals surface area contributed by atoms with E-state index < -0.39 is 0 Å². The molecule has 1 heterocycles. The van der Waals surface area contributed by atoms with Gasteiger partial charge in [-0.25, -0.2) is 0 Å². The highest BCUT2D eigenvalue weighted by molar-refractivity contribution is 4.89. The van der Waals surface area contributed by atoms with E-state index in [0.29, 0.717) is 6.10 Å². The van der Waals surface area contributed by atoms with Gasteiger partial charge >= 0.3 is 0 Å². The van der Waals surface area contributed by atoms with Crippen LogP contribution in [-0.2, 0) is 14.2 Å². The summed E-state index contributed by atoms with van der Waals surface area (Å²) in [6, 6.07) is 0. The second-order valence-electron chi connectivity index (χ2n) is 4.02. The molecule has 2 fully saturated rings. The van der Waals surface area contributed by atoms with Crippen LogP contribution in [0.25, 0.3) is 0 Å². The van der Waals surface area contributed by atoms with Gasteiger partial charge in [-0.3, -0.25) is 0 Å². The number of hydrogen-bond acceptors (Lipinski definition) is 3. The lowest BCUT2D eigenvalue weighted by atomic mass is 9.99. The van der Waals surface area contributed by atoms with Gasteiger partial charge < -0.3 is 14.2 Å². The molecule has 0 bridgehead atoms. The summed E-state index contributed by atoms with van der Waals surface area (Å²) in [6.45, 7) is 0.767. The molecule has 1 aliphatic heterocycles. The summed E-state index contributed by atoms with van der Waals surface area (Å²) in [4.78, 5) is 0. The summed E-state index contributed by atoms with van der Waals surface area (Å²) in [5.41, 5.74) is 0. The van der Waals surface area contributed by atoms with Crippen molar-refractivity contribution >= 4 is 0 Å². The van der Waals surface area contributed by atoms with E-state index in [9.17, 15) is 0 Å². The Kier molecular flexibility index (Phi) is 2.58. The van der Waals surface area contributed by atoms with Crippen molar-refractivity contribution in [3.8, 4) is 0 Å². The fourth-order valence-corrected chi connectivity index (χ4v) is 2.06. The molecule has 1 atom stereocenters. The van der Waals surface area contributed by atoms with Crippen LogP contribution in [0.1, 0.15) is 25.7 Å². The van der Waals surface area contributed by atoms with Gasteiger partial charge in [0.05, 0.1) is 12.7 Å². The second kappa shape index (κ2) is 3.56. The number of hydrogen-bond donors (Lipinski definition) is 0. The van der Waals surface area contributed by atoms with Gasteiger partial charge in [0.15, 0.2) is 5.79 Å². The average Bonchev–Trinajstić information content (AvgIpc) is 3.01. The van der Waals surface area contributed by atoms with Gasteiger partial charge in [-0.1, -0.05) is 0 Å². The van der Waals surface area contributed by atoms with Crippen LogP contribution in [0.2, 0.25) is 0 Å². The van der Waals surface area contributed by atoms with Gasteiger partial charge in [-0.15, -0.1) is 0 Å². The first-order chi connectivity index (χ1) is 6.29. The Labute approximate surface area is 79.4 Å².